The summed E-state index contributed by atoms with van der Waals surface area (Å²) in [6, 6.07) is 10.0. The maximum absolute atomic E-state index is 5.92. The molecule has 0 aliphatic carbocycles. The lowest BCUT2D eigenvalue weighted by molar-refractivity contribution is 0.921. The topological polar surface area (TPSA) is 16.1 Å². The quantitative estimate of drug-likeness (QED) is 0.802. The molecule has 0 atom stereocenters. The van der Waals surface area contributed by atoms with Crippen molar-refractivity contribution in [1.82, 2.24) is 4.98 Å². The van der Waals surface area contributed by atoms with E-state index in [1.54, 1.807) is 0 Å². The van der Waals surface area contributed by atoms with Crippen LogP contribution < -0.4 is 4.90 Å². The number of anilines is 1. The second-order valence-electron chi connectivity index (χ2n) is 4.97. The molecule has 0 saturated heterocycles. The number of pyridine rings is 1. The highest BCUT2D eigenvalue weighted by atomic mass is 35.5. The Morgan fingerprint density at radius 2 is 1.80 bits per heavy atom. The zero-order chi connectivity index (χ0) is 14.7. The zero-order valence-corrected chi connectivity index (χ0v) is 12.9. The molecular weight excluding hydrogens is 268 g/mol. The first-order chi connectivity index (χ1) is 9.51. The van der Waals surface area contributed by atoms with Gasteiger partial charge in [0, 0.05) is 17.3 Å². The zero-order valence-electron chi connectivity index (χ0n) is 12.2. The van der Waals surface area contributed by atoms with Crippen LogP contribution in [0.4, 0.5) is 5.82 Å². The average molecular weight is 287 g/mol. The minimum Gasteiger partial charge on any atom is -0.329 e. The molecule has 20 heavy (non-hydrogen) atoms. The summed E-state index contributed by atoms with van der Waals surface area (Å²) in [4.78, 5) is 6.75. The van der Waals surface area contributed by atoms with Crippen LogP contribution in [-0.4, -0.2) is 4.98 Å². The van der Waals surface area contributed by atoms with Crippen LogP contribution in [0.1, 0.15) is 22.4 Å². The Morgan fingerprint density at radius 3 is 2.40 bits per heavy atom. The van der Waals surface area contributed by atoms with E-state index >= 15 is 0 Å². The summed E-state index contributed by atoms with van der Waals surface area (Å²) in [7, 11) is 0. The number of halogens is 1. The molecule has 104 valence electrons. The third-order valence-electron chi connectivity index (χ3n) is 3.39. The molecule has 0 unspecified atom stereocenters. The Labute approximate surface area is 125 Å². The van der Waals surface area contributed by atoms with Crippen molar-refractivity contribution in [3.8, 4) is 0 Å². The predicted octanol–water partition coefficient (Wildman–Crippen LogP) is 4.81. The SMILES string of the molecule is C=CN(Cc1ccc(Cl)cc1)c1nc(C)c(C)cc1C. The summed E-state index contributed by atoms with van der Waals surface area (Å²) < 4.78 is 0. The number of nitrogens with zero attached hydrogens (tertiary/aromatic N) is 2. The van der Waals surface area contributed by atoms with Gasteiger partial charge in [0.1, 0.15) is 5.82 Å². The second kappa shape index (κ2) is 6.10. The third-order valence-corrected chi connectivity index (χ3v) is 3.64. The van der Waals surface area contributed by atoms with Gasteiger partial charge >= 0.3 is 0 Å². The van der Waals surface area contributed by atoms with Crippen LogP contribution >= 0.6 is 11.6 Å². The van der Waals surface area contributed by atoms with Gasteiger partial charge in [-0.3, -0.25) is 0 Å². The molecule has 0 N–H and O–H groups in total. The molecule has 0 radical (unpaired) electrons. The lowest BCUT2D eigenvalue weighted by Gasteiger charge is -2.22. The highest BCUT2D eigenvalue weighted by molar-refractivity contribution is 6.30. The van der Waals surface area contributed by atoms with Crippen molar-refractivity contribution in [2.45, 2.75) is 27.3 Å². The van der Waals surface area contributed by atoms with E-state index in [2.05, 4.69) is 36.4 Å². The number of aromatic nitrogens is 1. The van der Waals surface area contributed by atoms with Gasteiger partial charge in [0.15, 0.2) is 0 Å². The molecule has 0 fully saturated rings. The van der Waals surface area contributed by atoms with Crippen LogP contribution in [0.25, 0.3) is 0 Å². The predicted molar refractivity (Wildman–Crippen MR) is 86.3 cm³/mol. The lowest BCUT2D eigenvalue weighted by atomic mass is 10.1. The van der Waals surface area contributed by atoms with E-state index in [-0.39, 0.29) is 0 Å². The van der Waals surface area contributed by atoms with Gasteiger partial charge in [0.2, 0.25) is 0 Å². The number of rotatable bonds is 4. The monoisotopic (exact) mass is 286 g/mol. The third kappa shape index (κ3) is 3.20. The Balaban J connectivity index is 2.31. The average Bonchev–Trinajstić information content (AvgIpc) is 2.43. The summed E-state index contributed by atoms with van der Waals surface area (Å²) in [5.41, 5.74) is 4.59. The molecule has 2 aromatic rings. The van der Waals surface area contributed by atoms with Gasteiger partial charge in [0.05, 0.1) is 0 Å². The fourth-order valence-corrected chi connectivity index (χ4v) is 2.26. The van der Waals surface area contributed by atoms with E-state index in [1.807, 2.05) is 37.4 Å². The molecule has 0 bridgehead atoms. The van der Waals surface area contributed by atoms with Gasteiger partial charge < -0.3 is 4.90 Å². The normalized spacial score (nSPS) is 10.4. The van der Waals surface area contributed by atoms with E-state index in [4.69, 9.17) is 11.6 Å². The van der Waals surface area contributed by atoms with E-state index in [9.17, 15) is 0 Å². The van der Waals surface area contributed by atoms with Crippen molar-refractivity contribution in [2.75, 3.05) is 4.90 Å². The summed E-state index contributed by atoms with van der Waals surface area (Å²) in [6.45, 7) is 10.8. The first-order valence-electron chi connectivity index (χ1n) is 6.59. The lowest BCUT2D eigenvalue weighted by Crippen LogP contribution is -2.18. The van der Waals surface area contributed by atoms with Gasteiger partial charge in [0.25, 0.3) is 0 Å². The molecule has 2 rings (SSSR count). The highest BCUT2D eigenvalue weighted by Gasteiger charge is 2.10. The first-order valence-corrected chi connectivity index (χ1v) is 6.97. The fraction of sp³-hybridized carbons (Fsp3) is 0.235. The van der Waals surface area contributed by atoms with Gasteiger partial charge in [-0.2, -0.15) is 0 Å². The summed E-state index contributed by atoms with van der Waals surface area (Å²) in [5.74, 6) is 0.957. The fourth-order valence-electron chi connectivity index (χ4n) is 2.13. The first kappa shape index (κ1) is 14.6. The number of benzene rings is 1. The summed E-state index contributed by atoms with van der Waals surface area (Å²) in [6.07, 6.45) is 1.82. The van der Waals surface area contributed by atoms with Crippen molar-refractivity contribution >= 4 is 17.4 Å². The molecule has 0 spiro atoms. The Bertz CT molecular complexity index is 618. The molecule has 0 saturated carbocycles. The van der Waals surface area contributed by atoms with Gasteiger partial charge in [-0.1, -0.05) is 36.4 Å². The van der Waals surface area contributed by atoms with Crippen molar-refractivity contribution in [1.29, 1.82) is 0 Å². The van der Waals surface area contributed by atoms with Crippen LogP contribution in [-0.2, 0) is 6.54 Å². The molecule has 2 nitrogen and oxygen atoms in total. The number of hydrogen-bond acceptors (Lipinski definition) is 2. The Kier molecular flexibility index (Phi) is 4.46. The summed E-state index contributed by atoms with van der Waals surface area (Å²) >= 11 is 5.92. The smallest absolute Gasteiger partial charge is 0.136 e. The molecule has 1 heterocycles. The van der Waals surface area contributed by atoms with Crippen LogP contribution in [0.2, 0.25) is 5.02 Å². The van der Waals surface area contributed by atoms with Crippen LogP contribution in [0, 0.1) is 20.8 Å². The second-order valence-corrected chi connectivity index (χ2v) is 5.40. The molecule has 3 heteroatoms. The van der Waals surface area contributed by atoms with Gasteiger partial charge in [-0.05, 0) is 55.8 Å². The standard InChI is InChI=1S/C17H19ClN2/c1-5-20(11-15-6-8-16(18)9-7-15)17-13(3)10-12(2)14(4)19-17/h5-10H,1,11H2,2-4H3. The van der Waals surface area contributed by atoms with Crippen LogP contribution in [0.5, 0.6) is 0 Å². The van der Waals surface area contributed by atoms with Gasteiger partial charge in [-0.15, -0.1) is 0 Å². The molecule has 1 aromatic carbocycles. The molecule has 0 aliphatic heterocycles. The highest BCUT2D eigenvalue weighted by Crippen LogP contribution is 2.22. The summed E-state index contributed by atoms with van der Waals surface area (Å²) in [5, 5.41) is 0.749. The van der Waals surface area contributed by atoms with E-state index < -0.39 is 0 Å². The Morgan fingerprint density at radius 1 is 1.15 bits per heavy atom. The van der Waals surface area contributed by atoms with Crippen LogP contribution in [0.15, 0.2) is 43.1 Å². The van der Waals surface area contributed by atoms with E-state index in [1.165, 1.54) is 11.1 Å². The number of aryl methyl sites for hydroxylation is 3. The molecule has 0 aliphatic rings. The maximum Gasteiger partial charge on any atom is 0.136 e. The minimum atomic E-state index is 0.733. The van der Waals surface area contributed by atoms with Crippen molar-refractivity contribution in [3.05, 3.63) is 70.5 Å². The molecule has 0 amide bonds. The largest absolute Gasteiger partial charge is 0.329 e. The molecular formula is C17H19ClN2. The Hall–Kier alpha value is -1.80. The molecule has 1 aromatic heterocycles. The minimum absolute atomic E-state index is 0.733. The van der Waals surface area contributed by atoms with E-state index in [0.717, 1.165) is 28.6 Å². The van der Waals surface area contributed by atoms with Crippen molar-refractivity contribution in [3.63, 3.8) is 0 Å². The maximum atomic E-state index is 5.92. The van der Waals surface area contributed by atoms with Crippen LogP contribution in [0.3, 0.4) is 0 Å². The van der Waals surface area contributed by atoms with E-state index in [0.29, 0.717) is 0 Å². The van der Waals surface area contributed by atoms with Crippen molar-refractivity contribution in [2.24, 2.45) is 0 Å². The van der Waals surface area contributed by atoms with Crippen molar-refractivity contribution < 1.29 is 0 Å². The number of hydrogen-bond donors (Lipinski definition) is 0. The van der Waals surface area contributed by atoms with Gasteiger partial charge in [-0.25, -0.2) is 4.98 Å².